The van der Waals surface area contributed by atoms with Crippen molar-refractivity contribution in [1.29, 1.82) is 0 Å². The van der Waals surface area contributed by atoms with Crippen LogP contribution in [0.5, 0.6) is 0 Å². The predicted molar refractivity (Wildman–Crippen MR) is 79.4 cm³/mol. The molecule has 112 valence electrons. The van der Waals surface area contributed by atoms with Gasteiger partial charge in [0.2, 0.25) is 5.43 Å². The minimum absolute atomic E-state index is 0.00871. The maximum absolute atomic E-state index is 12.2. The van der Waals surface area contributed by atoms with E-state index < -0.39 is 5.91 Å². The van der Waals surface area contributed by atoms with E-state index in [-0.39, 0.29) is 11.0 Å². The number of nitrogens with zero attached hydrogens (tertiary/aromatic N) is 1. The Balaban J connectivity index is 2.31. The van der Waals surface area contributed by atoms with Crippen LogP contribution in [0.3, 0.4) is 0 Å². The van der Waals surface area contributed by atoms with Crippen LogP contribution in [0.15, 0.2) is 35.3 Å². The first-order chi connectivity index (χ1) is 10.1. The zero-order chi connectivity index (χ0) is 15.2. The lowest BCUT2D eigenvalue weighted by Crippen LogP contribution is -2.24. The van der Waals surface area contributed by atoms with E-state index in [9.17, 15) is 9.59 Å². The van der Waals surface area contributed by atoms with E-state index in [0.717, 1.165) is 5.52 Å². The topological polar surface area (TPSA) is 83.5 Å². The quantitative estimate of drug-likeness (QED) is 0.763. The number of carbonyl (C=O) groups is 1. The summed E-state index contributed by atoms with van der Waals surface area (Å²) >= 11 is 0. The highest BCUT2D eigenvalue weighted by Crippen LogP contribution is 2.11. The van der Waals surface area contributed by atoms with Gasteiger partial charge in [0.1, 0.15) is 5.56 Å². The lowest BCUT2D eigenvalue weighted by Gasteiger charge is -2.12. The Kier molecular flexibility index (Phi) is 5.08. The van der Waals surface area contributed by atoms with Crippen molar-refractivity contribution in [3.8, 4) is 0 Å². The molecule has 6 nitrogen and oxygen atoms in total. The lowest BCUT2D eigenvalue weighted by atomic mass is 10.1. The molecule has 0 saturated carbocycles. The largest absolute Gasteiger partial charge is 0.382 e. The molecule has 2 aromatic rings. The van der Waals surface area contributed by atoms with Crippen molar-refractivity contribution in [1.82, 2.24) is 4.57 Å². The average Bonchev–Trinajstić information content (AvgIpc) is 2.49. The van der Waals surface area contributed by atoms with Gasteiger partial charge < -0.3 is 19.8 Å². The molecule has 0 spiro atoms. The van der Waals surface area contributed by atoms with E-state index in [2.05, 4.69) is 0 Å². The zero-order valence-electron chi connectivity index (χ0n) is 11.9. The van der Waals surface area contributed by atoms with Crippen LogP contribution in [0.25, 0.3) is 10.9 Å². The molecule has 1 aromatic heterocycles. The number of primary amides is 1. The van der Waals surface area contributed by atoms with Gasteiger partial charge in [-0.1, -0.05) is 12.1 Å². The predicted octanol–water partition coefficient (Wildman–Crippen LogP) is 0.763. The summed E-state index contributed by atoms with van der Waals surface area (Å²) in [6.45, 7) is 1.99. The van der Waals surface area contributed by atoms with Gasteiger partial charge >= 0.3 is 0 Å². The molecule has 0 aliphatic heterocycles. The Hall–Kier alpha value is -2.18. The van der Waals surface area contributed by atoms with Gasteiger partial charge in [-0.3, -0.25) is 9.59 Å². The number of methoxy groups -OCH3 is 1. The number of rotatable bonds is 7. The number of benzene rings is 1. The number of ether oxygens (including phenoxy) is 2. The molecule has 0 unspecified atom stereocenters. The van der Waals surface area contributed by atoms with Crippen LogP contribution >= 0.6 is 0 Å². The number of amides is 1. The van der Waals surface area contributed by atoms with Crippen molar-refractivity contribution in [3.05, 3.63) is 46.2 Å². The highest BCUT2D eigenvalue weighted by molar-refractivity contribution is 5.96. The average molecular weight is 290 g/mol. The summed E-state index contributed by atoms with van der Waals surface area (Å²) in [6.07, 6.45) is 1.49. The highest BCUT2D eigenvalue weighted by Gasteiger charge is 2.12. The molecule has 2 N–H and O–H groups in total. The second-order valence-electron chi connectivity index (χ2n) is 4.55. The fourth-order valence-corrected chi connectivity index (χ4v) is 2.11. The third kappa shape index (κ3) is 3.48. The number of hydrogen-bond donors (Lipinski definition) is 1. The van der Waals surface area contributed by atoms with Crippen molar-refractivity contribution in [2.75, 3.05) is 26.9 Å². The maximum Gasteiger partial charge on any atom is 0.254 e. The molecule has 1 aromatic carbocycles. The Bertz CT molecular complexity index is 694. The van der Waals surface area contributed by atoms with Gasteiger partial charge in [0.05, 0.1) is 25.3 Å². The van der Waals surface area contributed by atoms with E-state index in [1.54, 1.807) is 19.2 Å². The number of para-hydroxylation sites is 1. The van der Waals surface area contributed by atoms with E-state index in [0.29, 0.717) is 31.8 Å². The number of nitrogens with two attached hydrogens (primary N) is 1. The number of pyridine rings is 1. The summed E-state index contributed by atoms with van der Waals surface area (Å²) in [5, 5.41) is 0.477. The smallest absolute Gasteiger partial charge is 0.254 e. The van der Waals surface area contributed by atoms with Crippen LogP contribution in [0.4, 0.5) is 0 Å². The fraction of sp³-hybridized carbons (Fsp3) is 0.333. The van der Waals surface area contributed by atoms with Crippen molar-refractivity contribution in [3.63, 3.8) is 0 Å². The molecule has 0 aliphatic carbocycles. The Morgan fingerprint density at radius 1 is 1.24 bits per heavy atom. The van der Waals surface area contributed by atoms with Crippen molar-refractivity contribution < 1.29 is 14.3 Å². The fourth-order valence-electron chi connectivity index (χ4n) is 2.11. The van der Waals surface area contributed by atoms with Gasteiger partial charge in [0, 0.05) is 25.2 Å². The number of hydrogen-bond acceptors (Lipinski definition) is 4. The summed E-state index contributed by atoms with van der Waals surface area (Å²) in [5.41, 5.74) is 5.67. The van der Waals surface area contributed by atoms with E-state index >= 15 is 0 Å². The standard InChI is InChI=1S/C15H18N2O4/c1-20-8-9-21-7-6-17-10-12(15(16)19)14(18)11-4-2-3-5-13(11)17/h2-5,10H,6-9H2,1H3,(H2,16,19). The second kappa shape index (κ2) is 7.01. The van der Waals surface area contributed by atoms with E-state index in [4.69, 9.17) is 15.2 Å². The second-order valence-corrected chi connectivity index (χ2v) is 4.55. The van der Waals surface area contributed by atoms with Gasteiger partial charge in [0.25, 0.3) is 5.91 Å². The monoisotopic (exact) mass is 290 g/mol. The summed E-state index contributed by atoms with van der Waals surface area (Å²) < 4.78 is 12.1. The van der Waals surface area contributed by atoms with Crippen LogP contribution in [0.2, 0.25) is 0 Å². The number of carbonyl (C=O) groups excluding carboxylic acids is 1. The van der Waals surface area contributed by atoms with Gasteiger partial charge in [0.15, 0.2) is 0 Å². The molecule has 0 atom stereocenters. The van der Waals surface area contributed by atoms with E-state index in [1.807, 2.05) is 16.7 Å². The maximum atomic E-state index is 12.2. The van der Waals surface area contributed by atoms with Crippen LogP contribution in [0, 0.1) is 0 Å². The van der Waals surface area contributed by atoms with Crippen LogP contribution in [-0.4, -0.2) is 37.4 Å². The van der Waals surface area contributed by atoms with Gasteiger partial charge in [-0.05, 0) is 12.1 Å². The normalized spacial score (nSPS) is 10.9. The first-order valence-electron chi connectivity index (χ1n) is 6.64. The molecular formula is C15H18N2O4. The molecule has 0 fully saturated rings. The minimum Gasteiger partial charge on any atom is -0.382 e. The Morgan fingerprint density at radius 3 is 2.71 bits per heavy atom. The first-order valence-corrected chi connectivity index (χ1v) is 6.64. The Labute approximate surface area is 122 Å². The number of aromatic nitrogens is 1. The van der Waals surface area contributed by atoms with Gasteiger partial charge in [-0.2, -0.15) is 0 Å². The molecule has 0 radical (unpaired) electrons. The number of fused-ring (bicyclic) bond motifs is 1. The molecule has 0 saturated heterocycles. The summed E-state index contributed by atoms with van der Waals surface area (Å²) in [7, 11) is 1.61. The third-order valence-corrected chi connectivity index (χ3v) is 3.16. The molecule has 1 heterocycles. The van der Waals surface area contributed by atoms with Crippen molar-refractivity contribution in [2.24, 2.45) is 5.73 Å². The Morgan fingerprint density at radius 2 is 2.00 bits per heavy atom. The SMILES string of the molecule is COCCOCCn1cc(C(N)=O)c(=O)c2ccccc21. The molecule has 6 heteroatoms. The summed E-state index contributed by atoms with van der Waals surface area (Å²) in [4.78, 5) is 23.6. The lowest BCUT2D eigenvalue weighted by molar-refractivity contribution is 0.0669. The van der Waals surface area contributed by atoms with Crippen molar-refractivity contribution >= 4 is 16.8 Å². The van der Waals surface area contributed by atoms with Crippen LogP contribution in [0.1, 0.15) is 10.4 Å². The van der Waals surface area contributed by atoms with Gasteiger partial charge in [-0.25, -0.2) is 0 Å². The zero-order valence-corrected chi connectivity index (χ0v) is 11.9. The molecule has 0 aliphatic rings. The van der Waals surface area contributed by atoms with E-state index in [1.165, 1.54) is 6.20 Å². The molecule has 2 rings (SSSR count). The first kappa shape index (κ1) is 15.2. The summed E-state index contributed by atoms with van der Waals surface area (Å²) in [6, 6.07) is 7.12. The third-order valence-electron chi connectivity index (χ3n) is 3.16. The van der Waals surface area contributed by atoms with Gasteiger partial charge in [-0.15, -0.1) is 0 Å². The minimum atomic E-state index is -0.722. The van der Waals surface area contributed by atoms with Crippen molar-refractivity contribution in [2.45, 2.75) is 6.54 Å². The molecule has 21 heavy (non-hydrogen) atoms. The summed E-state index contributed by atoms with van der Waals surface area (Å²) in [5.74, 6) is -0.722. The highest BCUT2D eigenvalue weighted by atomic mass is 16.5. The molecule has 1 amide bonds. The molecular weight excluding hydrogens is 272 g/mol. The molecule has 0 bridgehead atoms. The van der Waals surface area contributed by atoms with Crippen LogP contribution in [-0.2, 0) is 16.0 Å². The van der Waals surface area contributed by atoms with Crippen LogP contribution < -0.4 is 11.2 Å².